The molecule has 0 spiro atoms. The van der Waals surface area contributed by atoms with E-state index >= 15 is 0 Å². The van der Waals surface area contributed by atoms with Gasteiger partial charge in [-0.05, 0) is 13.0 Å². The Morgan fingerprint density at radius 3 is 2.71 bits per heavy atom. The maximum atomic E-state index is 8.70. The zero-order chi connectivity index (χ0) is 10.6. The SMILES string of the molecule is CCOc1c(Cl)cc(C#N)cc1OC. The van der Waals surface area contributed by atoms with E-state index in [1.807, 2.05) is 13.0 Å². The van der Waals surface area contributed by atoms with Gasteiger partial charge in [0.15, 0.2) is 11.5 Å². The lowest BCUT2D eigenvalue weighted by atomic mass is 10.2. The normalized spacial score (nSPS) is 9.29. The zero-order valence-corrected chi connectivity index (χ0v) is 8.76. The van der Waals surface area contributed by atoms with Gasteiger partial charge in [0, 0.05) is 6.07 Å². The molecule has 1 aromatic carbocycles. The number of ether oxygens (including phenoxy) is 2. The van der Waals surface area contributed by atoms with Crippen molar-refractivity contribution in [3.8, 4) is 17.6 Å². The average molecular weight is 212 g/mol. The van der Waals surface area contributed by atoms with E-state index < -0.39 is 0 Å². The Balaban J connectivity index is 3.21. The Morgan fingerprint density at radius 2 is 2.21 bits per heavy atom. The number of methoxy groups -OCH3 is 1. The number of nitriles is 1. The second-order valence-electron chi connectivity index (χ2n) is 2.53. The van der Waals surface area contributed by atoms with E-state index in [0.29, 0.717) is 28.7 Å². The Kier molecular flexibility index (Phi) is 3.61. The standard InChI is InChI=1S/C10H10ClNO2/c1-3-14-10-8(11)4-7(6-12)5-9(10)13-2/h4-5H,3H2,1-2H3. The van der Waals surface area contributed by atoms with Gasteiger partial charge < -0.3 is 9.47 Å². The van der Waals surface area contributed by atoms with Crippen molar-refractivity contribution in [2.75, 3.05) is 13.7 Å². The van der Waals surface area contributed by atoms with Crippen molar-refractivity contribution in [1.82, 2.24) is 0 Å². The molecule has 0 radical (unpaired) electrons. The molecule has 0 unspecified atom stereocenters. The van der Waals surface area contributed by atoms with Crippen LogP contribution in [-0.4, -0.2) is 13.7 Å². The summed E-state index contributed by atoms with van der Waals surface area (Å²) in [6, 6.07) is 5.14. The monoisotopic (exact) mass is 211 g/mol. The molecule has 1 aromatic rings. The molecule has 3 nitrogen and oxygen atoms in total. The van der Waals surface area contributed by atoms with Crippen LogP contribution in [0.4, 0.5) is 0 Å². The van der Waals surface area contributed by atoms with E-state index in [1.165, 1.54) is 7.11 Å². The molecule has 0 aliphatic rings. The molecule has 0 fully saturated rings. The maximum absolute atomic E-state index is 8.70. The molecule has 0 aliphatic heterocycles. The van der Waals surface area contributed by atoms with Gasteiger partial charge in [-0.25, -0.2) is 0 Å². The van der Waals surface area contributed by atoms with Crippen LogP contribution in [0.1, 0.15) is 12.5 Å². The minimum absolute atomic E-state index is 0.391. The van der Waals surface area contributed by atoms with Gasteiger partial charge in [-0.2, -0.15) is 5.26 Å². The molecule has 0 atom stereocenters. The largest absolute Gasteiger partial charge is 0.493 e. The van der Waals surface area contributed by atoms with Gasteiger partial charge in [-0.3, -0.25) is 0 Å². The molecule has 0 aliphatic carbocycles. The van der Waals surface area contributed by atoms with E-state index in [-0.39, 0.29) is 0 Å². The van der Waals surface area contributed by atoms with Gasteiger partial charge >= 0.3 is 0 Å². The summed E-state index contributed by atoms with van der Waals surface area (Å²) in [5.41, 5.74) is 0.454. The number of rotatable bonds is 3. The molecule has 4 heteroatoms. The summed E-state index contributed by atoms with van der Waals surface area (Å²) < 4.78 is 10.4. The number of nitrogens with zero attached hydrogens (tertiary/aromatic N) is 1. The van der Waals surface area contributed by atoms with Crippen molar-refractivity contribution in [2.45, 2.75) is 6.92 Å². The van der Waals surface area contributed by atoms with Crippen LogP contribution in [0, 0.1) is 11.3 Å². The molecule has 0 amide bonds. The van der Waals surface area contributed by atoms with Gasteiger partial charge in [0.05, 0.1) is 30.4 Å². The zero-order valence-electron chi connectivity index (χ0n) is 8.00. The van der Waals surface area contributed by atoms with Gasteiger partial charge in [-0.15, -0.1) is 0 Å². The Bertz CT molecular complexity index is 371. The average Bonchev–Trinajstić information content (AvgIpc) is 2.20. The lowest BCUT2D eigenvalue weighted by Crippen LogP contribution is -1.96. The highest BCUT2D eigenvalue weighted by atomic mass is 35.5. The first-order valence-electron chi connectivity index (χ1n) is 4.13. The predicted molar refractivity (Wildman–Crippen MR) is 53.9 cm³/mol. The Morgan fingerprint density at radius 1 is 1.50 bits per heavy atom. The maximum Gasteiger partial charge on any atom is 0.179 e. The topological polar surface area (TPSA) is 42.2 Å². The molecule has 0 bridgehead atoms. The fourth-order valence-corrected chi connectivity index (χ4v) is 1.33. The van der Waals surface area contributed by atoms with Gasteiger partial charge in [0.2, 0.25) is 0 Å². The molecular weight excluding hydrogens is 202 g/mol. The molecular formula is C10H10ClNO2. The van der Waals surface area contributed by atoms with Crippen LogP contribution in [0.2, 0.25) is 5.02 Å². The Hall–Kier alpha value is -1.40. The summed E-state index contributed by atoms with van der Waals surface area (Å²) >= 11 is 5.91. The van der Waals surface area contributed by atoms with Crippen molar-refractivity contribution >= 4 is 11.6 Å². The molecule has 1 rings (SSSR count). The third-order valence-electron chi connectivity index (χ3n) is 1.65. The van der Waals surface area contributed by atoms with Crippen molar-refractivity contribution in [1.29, 1.82) is 5.26 Å². The minimum atomic E-state index is 0.391. The lowest BCUT2D eigenvalue weighted by molar-refractivity contribution is 0.311. The predicted octanol–water partition coefficient (Wildman–Crippen LogP) is 2.62. The minimum Gasteiger partial charge on any atom is -0.493 e. The van der Waals surface area contributed by atoms with Gasteiger partial charge in [0.25, 0.3) is 0 Å². The first-order valence-corrected chi connectivity index (χ1v) is 4.51. The third kappa shape index (κ3) is 2.09. The number of benzene rings is 1. The van der Waals surface area contributed by atoms with Crippen LogP contribution in [-0.2, 0) is 0 Å². The summed E-state index contributed by atoms with van der Waals surface area (Å²) in [4.78, 5) is 0. The first kappa shape index (κ1) is 10.7. The van der Waals surface area contributed by atoms with E-state index in [2.05, 4.69) is 0 Å². The lowest BCUT2D eigenvalue weighted by Gasteiger charge is -2.10. The first-order chi connectivity index (χ1) is 6.72. The molecule has 0 aromatic heterocycles. The summed E-state index contributed by atoms with van der Waals surface area (Å²) in [5, 5.41) is 9.09. The molecule has 0 saturated carbocycles. The van der Waals surface area contributed by atoms with Crippen LogP contribution in [0.3, 0.4) is 0 Å². The quantitative estimate of drug-likeness (QED) is 0.772. The van der Waals surface area contributed by atoms with Crippen LogP contribution < -0.4 is 9.47 Å². The number of hydrogen-bond acceptors (Lipinski definition) is 3. The highest BCUT2D eigenvalue weighted by molar-refractivity contribution is 6.32. The highest BCUT2D eigenvalue weighted by Crippen LogP contribution is 2.36. The fraction of sp³-hybridized carbons (Fsp3) is 0.300. The third-order valence-corrected chi connectivity index (χ3v) is 1.93. The molecule has 74 valence electrons. The second-order valence-corrected chi connectivity index (χ2v) is 2.94. The smallest absolute Gasteiger partial charge is 0.179 e. The number of halogens is 1. The van der Waals surface area contributed by atoms with E-state index in [9.17, 15) is 0 Å². The highest BCUT2D eigenvalue weighted by Gasteiger charge is 2.10. The van der Waals surface area contributed by atoms with E-state index in [4.69, 9.17) is 26.3 Å². The molecule has 0 N–H and O–H groups in total. The summed E-state index contributed by atoms with van der Waals surface area (Å²) in [5.74, 6) is 0.964. The summed E-state index contributed by atoms with van der Waals surface area (Å²) in [7, 11) is 1.51. The molecule has 0 saturated heterocycles. The van der Waals surface area contributed by atoms with Crippen LogP contribution in [0.25, 0.3) is 0 Å². The van der Waals surface area contributed by atoms with Crippen LogP contribution in [0.15, 0.2) is 12.1 Å². The van der Waals surface area contributed by atoms with Crippen molar-refractivity contribution in [2.24, 2.45) is 0 Å². The van der Waals surface area contributed by atoms with Crippen molar-refractivity contribution in [3.05, 3.63) is 22.7 Å². The summed E-state index contributed by atoms with van der Waals surface area (Å²) in [6.45, 7) is 2.36. The molecule has 14 heavy (non-hydrogen) atoms. The number of hydrogen-bond donors (Lipinski definition) is 0. The van der Waals surface area contributed by atoms with Gasteiger partial charge in [0.1, 0.15) is 0 Å². The van der Waals surface area contributed by atoms with Crippen molar-refractivity contribution in [3.63, 3.8) is 0 Å². The van der Waals surface area contributed by atoms with Crippen molar-refractivity contribution < 1.29 is 9.47 Å². The van der Waals surface area contributed by atoms with E-state index in [0.717, 1.165) is 0 Å². The Labute approximate surface area is 87.8 Å². The van der Waals surface area contributed by atoms with Crippen LogP contribution in [0.5, 0.6) is 11.5 Å². The van der Waals surface area contributed by atoms with Gasteiger partial charge in [-0.1, -0.05) is 11.6 Å². The van der Waals surface area contributed by atoms with Crippen LogP contribution >= 0.6 is 11.6 Å². The second kappa shape index (κ2) is 4.73. The fourth-order valence-electron chi connectivity index (χ4n) is 1.07. The molecule has 0 heterocycles. The summed E-state index contributed by atoms with van der Waals surface area (Å²) in [6.07, 6.45) is 0. The van der Waals surface area contributed by atoms with E-state index in [1.54, 1.807) is 12.1 Å².